The molecular formula is C24H33N3O5S. The fourth-order valence-electron chi connectivity index (χ4n) is 3.89. The maximum Gasteiger partial charge on any atom is 0.261 e. The number of sulfonamides is 1. The first-order valence-electron chi connectivity index (χ1n) is 11.3. The summed E-state index contributed by atoms with van der Waals surface area (Å²) in [4.78, 5) is 15.0. The highest BCUT2D eigenvalue weighted by Crippen LogP contribution is 2.20. The highest BCUT2D eigenvalue weighted by Gasteiger charge is 2.21. The van der Waals surface area contributed by atoms with E-state index in [0.717, 1.165) is 26.1 Å². The molecule has 9 heteroatoms. The van der Waals surface area contributed by atoms with Crippen molar-refractivity contribution in [1.29, 1.82) is 0 Å². The van der Waals surface area contributed by atoms with Crippen LogP contribution in [-0.2, 0) is 14.8 Å². The maximum absolute atomic E-state index is 12.7. The first-order valence-corrected chi connectivity index (χ1v) is 12.8. The Hall–Kier alpha value is -2.62. The first kappa shape index (κ1) is 25.0. The highest BCUT2D eigenvalue weighted by molar-refractivity contribution is 7.92. The van der Waals surface area contributed by atoms with E-state index in [1.165, 1.54) is 18.2 Å². The highest BCUT2D eigenvalue weighted by atomic mass is 32.2. The van der Waals surface area contributed by atoms with Gasteiger partial charge in [0.1, 0.15) is 5.75 Å². The lowest BCUT2D eigenvalue weighted by atomic mass is 10.2. The van der Waals surface area contributed by atoms with Crippen LogP contribution in [0.2, 0.25) is 0 Å². The molecule has 0 aliphatic carbocycles. The zero-order valence-electron chi connectivity index (χ0n) is 19.4. The van der Waals surface area contributed by atoms with Crippen LogP contribution in [0.3, 0.4) is 0 Å². The van der Waals surface area contributed by atoms with Crippen molar-refractivity contribution in [3.05, 3.63) is 54.1 Å². The largest absolute Gasteiger partial charge is 0.494 e. The molecule has 1 heterocycles. The third kappa shape index (κ3) is 7.45. The van der Waals surface area contributed by atoms with Gasteiger partial charge in [0.15, 0.2) is 0 Å². The van der Waals surface area contributed by atoms with Crippen LogP contribution in [0.1, 0.15) is 37.6 Å². The van der Waals surface area contributed by atoms with Crippen LogP contribution in [0, 0.1) is 0 Å². The summed E-state index contributed by atoms with van der Waals surface area (Å²) in [6.45, 7) is 9.74. The summed E-state index contributed by atoms with van der Waals surface area (Å²) < 4.78 is 39.0. The molecule has 2 aromatic rings. The minimum absolute atomic E-state index is 0.118. The second kappa shape index (κ2) is 11.5. The molecule has 2 N–H and O–H groups in total. The number of hydrogen-bond acceptors (Lipinski definition) is 6. The van der Waals surface area contributed by atoms with E-state index in [1.54, 1.807) is 30.3 Å². The lowest BCUT2D eigenvalue weighted by Gasteiger charge is -2.35. The molecule has 33 heavy (non-hydrogen) atoms. The Morgan fingerprint density at radius 3 is 2.48 bits per heavy atom. The SMILES string of the molecule is CCOc1ccc(S(=O)(=O)Nc2cccc(C(=O)NCCCN3C[C@H](C)O[C@@H](C)C3)c2)cc1. The summed E-state index contributed by atoms with van der Waals surface area (Å²) in [5.41, 5.74) is 0.725. The standard InChI is InChI=1S/C24H33N3O5S/c1-4-31-22-9-11-23(12-10-22)33(29,30)26-21-8-5-7-20(15-21)24(28)25-13-6-14-27-16-18(2)32-19(3)17-27/h5,7-12,15,18-19,26H,4,6,13-14,16-17H2,1-3H3,(H,25,28)/t18-,19-/m0/s1. The number of carbonyl (C=O) groups is 1. The monoisotopic (exact) mass is 475 g/mol. The van der Waals surface area contributed by atoms with Gasteiger partial charge >= 0.3 is 0 Å². The normalized spacial score (nSPS) is 19.1. The van der Waals surface area contributed by atoms with Crippen molar-refractivity contribution >= 4 is 21.6 Å². The number of carbonyl (C=O) groups excluding carboxylic acids is 1. The number of nitrogens with one attached hydrogen (secondary N) is 2. The number of anilines is 1. The fraction of sp³-hybridized carbons (Fsp3) is 0.458. The Kier molecular flexibility index (Phi) is 8.71. The Balaban J connectivity index is 1.52. The van der Waals surface area contributed by atoms with Gasteiger partial charge in [0.25, 0.3) is 15.9 Å². The van der Waals surface area contributed by atoms with Crippen LogP contribution in [0.4, 0.5) is 5.69 Å². The molecule has 180 valence electrons. The van der Waals surface area contributed by atoms with Crippen molar-refractivity contribution < 1.29 is 22.7 Å². The molecule has 1 saturated heterocycles. The fourth-order valence-corrected chi connectivity index (χ4v) is 4.94. The Labute approximate surface area is 196 Å². The summed E-state index contributed by atoms with van der Waals surface area (Å²) in [5.74, 6) is 0.369. The molecule has 2 aromatic carbocycles. The molecule has 1 aliphatic rings. The van der Waals surface area contributed by atoms with Crippen LogP contribution in [-0.4, -0.2) is 64.2 Å². The van der Waals surface area contributed by atoms with Crippen molar-refractivity contribution in [3.63, 3.8) is 0 Å². The topological polar surface area (TPSA) is 97.0 Å². The van der Waals surface area contributed by atoms with Gasteiger partial charge < -0.3 is 14.8 Å². The zero-order valence-corrected chi connectivity index (χ0v) is 20.2. The predicted octanol–water partition coefficient (Wildman–Crippen LogP) is 3.12. The van der Waals surface area contributed by atoms with E-state index < -0.39 is 10.0 Å². The zero-order chi connectivity index (χ0) is 23.8. The van der Waals surface area contributed by atoms with Crippen LogP contribution < -0.4 is 14.8 Å². The minimum atomic E-state index is -3.78. The predicted molar refractivity (Wildman–Crippen MR) is 128 cm³/mol. The molecule has 0 spiro atoms. The maximum atomic E-state index is 12.7. The number of amides is 1. The molecule has 0 unspecified atom stereocenters. The van der Waals surface area contributed by atoms with E-state index in [-0.39, 0.29) is 23.0 Å². The molecule has 0 aromatic heterocycles. The van der Waals surface area contributed by atoms with E-state index in [2.05, 4.69) is 28.8 Å². The molecular weight excluding hydrogens is 442 g/mol. The molecule has 1 fully saturated rings. The van der Waals surface area contributed by atoms with Crippen LogP contribution in [0.15, 0.2) is 53.4 Å². The number of morpholine rings is 1. The third-order valence-electron chi connectivity index (χ3n) is 5.25. The molecule has 1 aliphatic heterocycles. The van der Waals surface area contributed by atoms with Crippen LogP contribution in [0.25, 0.3) is 0 Å². The van der Waals surface area contributed by atoms with Gasteiger partial charge in [0, 0.05) is 37.4 Å². The number of nitrogens with zero attached hydrogens (tertiary/aromatic N) is 1. The van der Waals surface area contributed by atoms with Crippen molar-refractivity contribution in [2.24, 2.45) is 0 Å². The van der Waals surface area contributed by atoms with Gasteiger partial charge in [-0.1, -0.05) is 6.07 Å². The van der Waals surface area contributed by atoms with Gasteiger partial charge in [-0.3, -0.25) is 14.4 Å². The minimum Gasteiger partial charge on any atom is -0.494 e. The Morgan fingerprint density at radius 1 is 1.12 bits per heavy atom. The van der Waals surface area contributed by atoms with Crippen molar-refractivity contribution in [2.75, 3.05) is 37.5 Å². The van der Waals surface area contributed by atoms with Gasteiger partial charge in [0.05, 0.1) is 23.7 Å². The molecule has 0 saturated carbocycles. The van der Waals surface area contributed by atoms with Crippen LogP contribution >= 0.6 is 0 Å². The summed E-state index contributed by atoms with van der Waals surface area (Å²) in [6, 6.07) is 12.7. The average Bonchev–Trinajstić information content (AvgIpc) is 2.76. The van der Waals surface area contributed by atoms with Gasteiger partial charge in [-0.15, -0.1) is 0 Å². The molecule has 8 nitrogen and oxygen atoms in total. The summed E-state index contributed by atoms with van der Waals surface area (Å²) in [6.07, 6.45) is 1.27. The van der Waals surface area contributed by atoms with E-state index in [4.69, 9.17) is 9.47 Å². The second-order valence-corrected chi connectivity index (χ2v) is 9.90. The quantitative estimate of drug-likeness (QED) is 0.513. The Bertz CT molecular complexity index is 1020. The average molecular weight is 476 g/mol. The molecule has 0 radical (unpaired) electrons. The van der Waals surface area contributed by atoms with Gasteiger partial charge in [-0.05, 0) is 69.7 Å². The Morgan fingerprint density at radius 2 is 1.82 bits per heavy atom. The lowest BCUT2D eigenvalue weighted by Crippen LogP contribution is -2.46. The van der Waals surface area contributed by atoms with Gasteiger partial charge in [-0.25, -0.2) is 8.42 Å². The molecule has 2 atom stereocenters. The van der Waals surface area contributed by atoms with E-state index in [9.17, 15) is 13.2 Å². The smallest absolute Gasteiger partial charge is 0.261 e. The summed E-state index contributed by atoms with van der Waals surface area (Å²) in [7, 11) is -3.78. The van der Waals surface area contributed by atoms with Gasteiger partial charge in [0.2, 0.25) is 0 Å². The van der Waals surface area contributed by atoms with Crippen molar-refractivity contribution in [1.82, 2.24) is 10.2 Å². The summed E-state index contributed by atoms with van der Waals surface area (Å²) >= 11 is 0. The molecule has 3 rings (SSSR count). The summed E-state index contributed by atoms with van der Waals surface area (Å²) in [5, 5.41) is 2.91. The van der Waals surface area contributed by atoms with Crippen LogP contribution in [0.5, 0.6) is 5.75 Å². The lowest BCUT2D eigenvalue weighted by molar-refractivity contribution is -0.0680. The van der Waals surface area contributed by atoms with Crippen molar-refractivity contribution in [2.45, 2.75) is 44.3 Å². The van der Waals surface area contributed by atoms with E-state index >= 15 is 0 Å². The first-order chi connectivity index (χ1) is 15.8. The molecule has 0 bridgehead atoms. The number of benzene rings is 2. The number of ether oxygens (including phenoxy) is 2. The molecule has 1 amide bonds. The van der Waals surface area contributed by atoms with E-state index in [1.807, 2.05) is 6.92 Å². The second-order valence-electron chi connectivity index (χ2n) is 8.22. The number of hydrogen-bond donors (Lipinski definition) is 2. The van der Waals surface area contributed by atoms with E-state index in [0.29, 0.717) is 30.2 Å². The van der Waals surface area contributed by atoms with Crippen molar-refractivity contribution in [3.8, 4) is 5.75 Å². The van der Waals surface area contributed by atoms with Gasteiger partial charge in [-0.2, -0.15) is 0 Å². The third-order valence-corrected chi connectivity index (χ3v) is 6.65. The number of rotatable bonds is 10.